The number of halogens is 1. The molecule has 0 amide bonds. The Morgan fingerprint density at radius 1 is 1.00 bits per heavy atom. The van der Waals surface area contributed by atoms with Crippen LogP contribution in [0.2, 0.25) is 0 Å². The zero-order valence-electron chi connectivity index (χ0n) is 20.3. The van der Waals surface area contributed by atoms with Crippen LogP contribution in [-0.2, 0) is 22.0 Å². The third-order valence-corrected chi connectivity index (χ3v) is 10.2. The molecule has 0 bridgehead atoms. The molecule has 6 heteroatoms. The zero-order chi connectivity index (χ0) is 25.1. The molecule has 0 N–H and O–H groups in total. The highest BCUT2D eigenvalue weighted by Gasteiger charge is 2.79. The van der Waals surface area contributed by atoms with Gasteiger partial charge in [-0.2, -0.15) is 0 Å². The van der Waals surface area contributed by atoms with Crippen LogP contribution in [0.4, 0.5) is 4.79 Å². The van der Waals surface area contributed by atoms with E-state index in [2.05, 4.69) is 12.1 Å². The van der Waals surface area contributed by atoms with Crippen LogP contribution in [0, 0.1) is 18.3 Å². The average Bonchev–Trinajstić information content (AvgIpc) is 3.37. The van der Waals surface area contributed by atoms with Crippen LogP contribution in [0.5, 0.6) is 5.75 Å². The lowest BCUT2D eigenvalue weighted by Crippen LogP contribution is -2.33. The molecule has 3 aromatic rings. The molecule has 1 unspecified atom stereocenters. The number of aryl methyl sites for hydroxylation is 2. The van der Waals surface area contributed by atoms with E-state index in [9.17, 15) is 9.00 Å². The van der Waals surface area contributed by atoms with Gasteiger partial charge in [0.1, 0.15) is 16.1 Å². The number of carbonyl (C=O) groups excluding carboxylic acids is 1. The van der Waals surface area contributed by atoms with Gasteiger partial charge in [-0.1, -0.05) is 80.1 Å². The molecule has 3 aromatic carbocycles. The standard InChI is InChI=1S/C29H31ClO4S/c1-4-26(34-27(31)33-23-13-9-6-10-14-23)28(3)25(20-17-22-11-7-5-8-12-22)29(28,30)35(32)24-18-15-21(2)16-19-24/h5-16,18-19,25-26H,4,17,20H2,1-3H3/t25-,26+,28+,29+,35?/m1/s1. The summed E-state index contributed by atoms with van der Waals surface area (Å²) in [5.74, 6) is 0.294. The van der Waals surface area contributed by atoms with Crippen LogP contribution < -0.4 is 4.74 Å². The lowest BCUT2D eigenvalue weighted by Gasteiger charge is -2.26. The van der Waals surface area contributed by atoms with E-state index < -0.39 is 32.7 Å². The molecule has 0 heterocycles. The summed E-state index contributed by atoms with van der Waals surface area (Å²) in [7, 11) is -1.50. The smallest absolute Gasteiger partial charge is 0.430 e. The normalized spacial score (nSPS) is 24.9. The van der Waals surface area contributed by atoms with Crippen LogP contribution >= 0.6 is 11.6 Å². The van der Waals surface area contributed by atoms with Crippen molar-refractivity contribution in [3.63, 3.8) is 0 Å². The maximum Gasteiger partial charge on any atom is 0.514 e. The number of alkyl halides is 1. The van der Waals surface area contributed by atoms with Gasteiger partial charge in [0.2, 0.25) is 0 Å². The molecule has 184 valence electrons. The van der Waals surface area contributed by atoms with Crippen LogP contribution in [0.3, 0.4) is 0 Å². The first-order valence-electron chi connectivity index (χ1n) is 12.0. The fourth-order valence-electron chi connectivity index (χ4n) is 5.05. The molecule has 5 atom stereocenters. The van der Waals surface area contributed by atoms with Crippen LogP contribution in [-0.4, -0.2) is 20.7 Å². The van der Waals surface area contributed by atoms with Gasteiger partial charge in [0.25, 0.3) is 0 Å². The first kappa shape index (κ1) is 25.5. The third-order valence-electron chi connectivity index (χ3n) is 7.12. The second-order valence-corrected chi connectivity index (χ2v) is 11.7. The summed E-state index contributed by atoms with van der Waals surface area (Å²) in [5.41, 5.74) is 1.59. The minimum atomic E-state index is -1.50. The molecular weight excluding hydrogens is 480 g/mol. The Balaban J connectivity index is 1.59. The topological polar surface area (TPSA) is 52.6 Å². The van der Waals surface area contributed by atoms with Gasteiger partial charge < -0.3 is 9.47 Å². The Morgan fingerprint density at radius 3 is 2.20 bits per heavy atom. The molecule has 1 aliphatic rings. The molecule has 0 aliphatic heterocycles. The average molecular weight is 511 g/mol. The van der Waals surface area contributed by atoms with E-state index in [0.29, 0.717) is 17.1 Å². The molecule has 0 saturated heterocycles. The van der Waals surface area contributed by atoms with E-state index >= 15 is 0 Å². The van der Waals surface area contributed by atoms with Crippen molar-refractivity contribution in [1.29, 1.82) is 0 Å². The Hall–Kier alpha value is -2.63. The van der Waals surface area contributed by atoms with Crippen molar-refractivity contribution in [3.05, 3.63) is 96.1 Å². The van der Waals surface area contributed by atoms with Crippen molar-refractivity contribution in [2.24, 2.45) is 11.3 Å². The summed E-state index contributed by atoms with van der Waals surface area (Å²) >= 11 is 7.29. The lowest BCUT2D eigenvalue weighted by atomic mass is 9.93. The van der Waals surface area contributed by atoms with Gasteiger partial charge >= 0.3 is 6.16 Å². The van der Waals surface area contributed by atoms with Crippen LogP contribution in [0.15, 0.2) is 89.8 Å². The number of benzene rings is 3. The van der Waals surface area contributed by atoms with Gasteiger partial charge in [0.05, 0.1) is 10.8 Å². The summed E-state index contributed by atoms with van der Waals surface area (Å²) in [5, 5.41) is 0. The number of rotatable bonds is 9. The van der Waals surface area contributed by atoms with Gasteiger partial charge in [0, 0.05) is 16.2 Å². The summed E-state index contributed by atoms with van der Waals surface area (Å²) in [6, 6.07) is 26.6. The van der Waals surface area contributed by atoms with E-state index in [0.717, 1.165) is 18.4 Å². The van der Waals surface area contributed by atoms with Gasteiger partial charge in [-0.25, -0.2) is 4.79 Å². The second-order valence-electron chi connectivity index (χ2n) is 9.27. The highest BCUT2D eigenvalue weighted by Crippen LogP contribution is 2.73. The molecular formula is C29H31ClO4S. The lowest BCUT2D eigenvalue weighted by molar-refractivity contribution is 0.0193. The van der Waals surface area contributed by atoms with E-state index in [1.165, 1.54) is 5.56 Å². The fraction of sp³-hybridized carbons (Fsp3) is 0.345. The van der Waals surface area contributed by atoms with Crippen LogP contribution in [0.1, 0.15) is 37.8 Å². The minimum absolute atomic E-state index is 0.117. The van der Waals surface area contributed by atoms with E-state index in [1.54, 1.807) is 24.3 Å². The SMILES string of the molecule is CC[C@H](OC(=O)Oc1ccccc1)[C@]1(C)[C@@H](CCc2ccccc2)[C@]1(Cl)S(=O)c1ccc(C)cc1. The van der Waals surface area contributed by atoms with Crippen molar-refractivity contribution in [2.45, 2.75) is 55.2 Å². The fourth-order valence-corrected chi connectivity index (χ4v) is 7.82. The van der Waals surface area contributed by atoms with Crippen LogP contribution in [0.25, 0.3) is 0 Å². The third kappa shape index (κ3) is 5.03. The van der Waals surface area contributed by atoms with Gasteiger partial charge in [-0.05, 0) is 56.0 Å². The summed E-state index contributed by atoms with van der Waals surface area (Å²) in [6.07, 6.45) is 0.729. The summed E-state index contributed by atoms with van der Waals surface area (Å²) in [6.45, 7) is 5.93. The predicted molar refractivity (Wildman–Crippen MR) is 140 cm³/mol. The van der Waals surface area contributed by atoms with E-state index in [4.69, 9.17) is 21.1 Å². The Kier molecular flexibility index (Phi) is 7.67. The molecule has 1 aliphatic carbocycles. The summed E-state index contributed by atoms with van der Waals surface area (Å²) < 4.78 is 24.0. The Morgan fingerprint density at radius 2 is 1.60 bits per heavy atom. The molecule has 0 spiro atoms. The maximum atomic E-state index is 13.9. The predicted octanol–water partition coefficient (Wildman–Crippen LogP) is 7.30. The van der Waals surface area contributed by atoms with Gasteiger partial charge in [-0.15, -0.1) is 11.6 Å². The maximum absolute atomic E-state index is 13.9. The highest BCUT2D eigenvalue weighted by molar-refractivity contribution is 7.88. The number of hydrogen-bond acceptors (Lipinski definition) is 4. The highest BCUT2D eigenvalue weighted by atomic mass is 35.5. The number of carbonyl (C=O) groups is 1. The molecule has 35 heavy (non-hydrogen) atoms. The van der Waals surface area contributed by atoms with Crippen molar-refractivity contribution in [1.82, 2.24) is 0 Å². The first-order valence-corrected chi connectivity index (χ1v) is 13.5. The zero-order valence-corrected chi connectivity index (χ0v) is 21.9. The molecule has 0 aromatic heterocycles. The van der Waals surface area contributed by atoms with Crippen molar-refractivity contribution in [3.8, 4) is 5.75 Å². The monoisotopic (exact) mass is 510 g/mol. The molecule has 0 radical (unpaired) electrons. The quantitative estimate of drug-likeness (QED) is 0.172. The largest absolute Gasteiger partial charge is 0.514 e. The Bertz CT molecular complexity index is 1170. The molecule has 1 fully saturated rings. The summed E-state index contributed by atoms with van der Waals surface area (Å²) in [4.78, 5) is 13.3. The van der Waals surface area contributed by atoms with Gasteiger partial charge in [0.15, 0.2) is 0 Å². The minimum Gasteiger partial charge on any atom is -0.430 e. The number of hydrogen-bond donors (Lipinski definition) is 0. The first-order chi connectivity index (χ1) is 16.8. The van der Waals surface area contributed by atoms with Crippen molar-refractivity contribution in [2.75, 3.05) is 0 Å². The van der Waals surface area contributed by atoms with E-state index in [-0.39, 0.29) is 5.92 Å². The van der Waals surface area contributed by atoms with E-state index in [1.807, 2.05) is 69.3 Å². The van der Waals surface area contributed by atoms with Crippen molar-refractivity contribution < 1.29 is 18.5 Å². The molecule has 4 nitrogen and oxygen atoms in total. The second kappa shape index (κ2) is 10.5. The number of para-hydroxylation sites is 1. The molecule has 4 rings (SSSR count). The number of ether oxygens (including phenoxy) is 2. The van der Waals surface area contributed by atoms with Crippen molar-refractivity contribution >= 4 is 28.6 Å². The Labute approximate surface area is 215 Å². The molecule has 1 saturated carbocycles. The van der Waals surface area contributed by atoms with Gasteiger partial charge in [-0.3, -0.25) is 4.21 Å².